The minimum Gasteiger partial charge on any atom is -0.460 e. The highest BCUT2D eigenvalue weighted by Gasteiger charge is 2.16. The fourth-order valence-corrected chi connectivity index (χ4v) is 1.86. The van der Waals surface area contributed by atoms with Crippen LogP contribution in [-0.4, -0.2) is 30.7 Å². The van der Waals surface area contributed by atoms with Crippen molar-refractivity contribution in [2.75, 3.05) is 19.8 Å². The van der Waals surface area contributed by atoms with Crippen molar-refractivity contribution < 1.29 is 19.2 Å². The third-order valence-electron chi connectivity index (χ3n) is 2.19. The first-order valence-electron chi connectivity index (χ1n) is 5.75. The first-order chi connectivity index (χ1) is 9.06. The molecule has 19 heavy (non-hydrogen) atoms. The van der Waals surface area contributed by atoms with Crippen LogP contribution in [0, 0.1) is 13.7 Å². The van der Waals surface area contributed by atoms with Crippen LogP contribution in [0.3, 0.4) is 0 Å². The summed E-state index contributed by atoms with van der Waals surface area (Å²) >= 11 is 1.94. The van der Waals surface area contributed by atoms with E-state index in [2.05, 4.69) is 0 Å². The summed E-state index contributed by atoms with van der Waals surface area (Å²) in [6.45, 7) is 3.06. The first-order valence-corrected chi connectivity index (χ1v) is 6.83. The molecule has 0 aromatic heterocycles. The van der Waals surface area contributed by atoms with Crippen molar-refractivity contribution in [1.82, 2.24) is 0 Å². The lowest BCUT2D eigenvalue weighted by molar-refractivity contribution is -0.384. The second-order valence-electron chi connectivity index (χ2n) is 3.67. The van der Waals surface area contributed by atoms with Crippen LogP contribution >= 0.6 is 22.6 Å². The van der Waals surface area contributed by atoms with Gasteiger partial charge in [-0.15, -0.1) is 0 Å². The second kappa shape index (κ2) is 8.05. The Morgan fingerprint density at radius 2 is 2.11 bits per heavy atom. The van der Waals surface area contributed by atoms with Gasteiger partial charge in [-0.2, -0.15) is 0 Å². The topological polar surface area (TPSA) is 78.7 Å². The van der Waals surface area contributed by atoms with Crippen LogP contribution in [0.2, 0.25) is 0 Å². The van der Waals surface area contributed by atoms with E-state index in [9.17, 15) is 14.9 Å². The molecule has 0 radical (unpaired) electrons. The zero-order valence-corrected chi connectivity index (χ0v) is 12.6. The van der Waals surface area contributed by atoms with Crippen LogP contribution in [0.25, 0.3) is 0 Å². The van der Waals surface area contributed by atoms with Gasteiger partial charge in [-0.05, 0) is 35.1 Å². The fourth-order valence-electron chi connectivity index (χ4n) is 1.30. The Bertz CT molecular complexity index is 463. The van der Waals surface area contributed by atoms with Crippen LogP contribution in [0.15, 0.2) is 18.2 Å². The number of ether oxygens (including phenoxy) is 2. The molecule has 0 atom stereocenters. The van der Waals surface area contributed by atoms with Crippen molar-refractivity contribution in [2.24, 2.45) is 0 Å². The molecule has 0 saturated heterocycles. The predicted molar refractivity (Wildman–Crippen MR) is 77.2 cm³/mol. The summed E-state index contributed by atoms with van der Waals surface area (Å²) < 4.78 is 10.8. The van der Waals surface area contributed by atoms with E-state index in [1.165, 1.54) is 18.2 Å². The van der Waals surface area contributed by atoms with E-state index in [4.69, 9.17) is 9.47 Å². The first kappa shape index (κ1) is 15.8. The van der Waals surface area contributed by atoms with Crippen molar-refractivity contribution in [3.8, 4) is 0 Å². The van der Waals surface area contributed by atoms with E-state index in [1.54, 1.807) is 0 Å². The summed E-state index contributed by atoms with van der Waals surface area (Å²) in [5.74, 6) is -0.576. The highest BCUT2D eigenvalue weighted by atomic mass is 127. The van der Waals surface area contributed by atoms with Gasteiger partial charge in [0, 0.05) is 22.3 Å². The lowest BCUT2D eigenvalue weighted by atomic mass is 10.2. The maximum atomic E-state index is 11.8. The van der Waals surface area contributed by atoms with Crippen LogP contribution in [-0.2, 0) is 9.47 Å². The number of nitro benzene ring substituents is 1. The van der Waals surface area contributed by atoms with Crippen LogP contribution in [0.1, 0.15) is 23.7 Å². The van der Waals surface area contributed by atoms with Crippen molar-refractivity contribution in [2.45, 2.75) is 13.3 Å². The molecule has 0 aliphatic rings. The Hall–Kier alpha value is -1.22. The summed E-state index contributed by atoms with van der Waals surface area (Å²) in [4.78, 5) is 21.9. The molecule has 0 aliphatic carbocycles. The molecule has 1 aromatic carbocycles. The number of benzene rings is 1. The molecule has 0 heterocycles. The highest BCUT2D eigenvalue weighted by molar-refractivity contribution is 14.1. The number of non-ortho nitro benzene ring substituents is 1. The number of nitrogens with zero attached hydrogens (tertiary/aromatic N) is 1. The van der Waals surface area contributed by atoms with Crippen LogP contribution in [0.5, 0.6) is 0 Å². The molecule has 6 nitrogen and oxygen atoms in total. The van der Waals surface area contributed by atoms with Crippen molar-refractivity contribution >= 4 is 34.2 Å². The largest absolute Gasteiger partial charge is 0.460 e. The predicted octanol–water partition coefficient (Wildman–Crippen LogP) is 2.78. The number of nitro groups is 1. The molecule has 104 valence electrons. The van der Waals surface area contributed by atoms with Gasteiger partial charge in [0.25, 0.3) is 5.69 Å². The summed E-state index contributed by atoms with van der Waals surface area (Å²) in [5.41, 5.74) is 0.0693. The number of esters is 1. The van der Waals surface area contributed by atoms with Gasteiger partial charge >= 0.3 is 5.97 Å². The molecule has 1 aromatic rings. The fraction of sp³-hybridized carbons (Fsp3) is 0.417. The molecule has 0 aliphatic heterocycles. The van der Waals surface area contributed by atoms with Gasteiger partial charge < -0.3 is 9.47 Å². The highest BCUT2D eigenvalue weighted by Crippen LogP contribution is 2.20. The standard InChI is InChI=1S/C12H14INO5/c1-2-5-18-6-7-19-12(15)10-8-9(14(16)17)3-4-11(10)13/h3-4,8H,2,5-7H2,1H3. The third kappa shape index (κ3) is 5.11. The lowest BCUT2D eigenvalue weighted by Crippen LogP contribution is -2.12. The summed E-state index contributed by atoms with van der Waals surface area (Å²) in [5, 5.41) is 10.7. The van der Waals surface area contributed by atoms with Gasteiger partial charge in [-0.25, -0.2) is 4.79 Å². The molecule has 7 heteroatoms. The average molecular weight is 379 g/mol. The number of carbonyl (C=O) groups is 1. The summed E-state index contributed by atoms with van der Waals surface area (Å²) in [7, 11) is 0. The average Bonchev–Trinajstić information content (AvgIpc) is 2.38. The SMILES string of the molecule is CCCOCCOC(=O)c1cc([N+](=O)[O-])ccc1I. The van der Waals surface area contributed by atoms with Gasteiger partial charge in [0.2, 0.25) is 0 Å². The van der Waals surface area contributed by atoms with E-state index >= 15 is 0 Å². The van der Waals surface area contributed by atoms with Crippen molar-refractivity contribution in [1.29, 1.82) is 0 Å². The molecule has 0 amide bonds. The Morgan fingerprint density at radius 1 is 1.37 bits per heavy atom. The lowest BCUT2D eigenvalue weighted by Gasteiger charge is -2.06. The van der Waals surface area contributed by atoms with E-state index in [0.717, 1.165) is 6.42 Å². The van der Waals surface area contributed by atoms with Crippen molar-refractivity contribution in [3.05, 3.63) is 37.4 Å². The number of hydrogen-bond donors (Lipinski definition) is 0. The molecule has 1 rings (SSSR count). The molecule has 0 fully saturated rings. The van der Waals surface area contributed by atoms with E-state index in [1.807, 2.05) is 29.5 Å². The molecule has 0 spiro atoms. The van der Waals surface area contributed by atoms with E-state index < -0.39 is 10.9 Å². The Morgan fingerprint density at radius 3 is 2.74 bits per heavy atom. The zero-order chi connectivity index (χ0) is 14.3. The number of rotatable bonds is 7. The van der Waals surface area contributed by atoms with E-state index in [0.29, 0.717) is 16.8 Å². The Balaban J connectivity index is 2.61. The van der Waals surface area contributed by atoms with Crippen LogP contribution in [0.4, 0.5) is 5.69 Å². The number of halogens is 1. The monoisotopic (exact) mass is 379 g/mol. The van der Waals surface area contributed by atoms with Crippen LogP contribution < -0.4 is 0 Å². The Kier molecular flexibility index (Phi) is 6.71. The van der Waals surface area contributed by atoms with Gasteiger partial charge in [-0.1, -0.05) is 6.92 Å². The van der Waals surface area contributed by atoms with Gasteiger partial charge in [0.15, 0.2) is 0 Å². The smallest absolute Gasteiger partial charge is 0.339 e. The maximum Gasteiger partial charge on any atom is 0.339 e. The second-order valence-corrected chi connectivity index (χ2v) is 4.83. The Labute approximate surface area is 124 Å². The molecule has 0 saturated carbocycles. The zero-order valence-electron chi connectivity index (χ0n) is 10.4. The molecule has 0 bridgehead atoms. The summed E-state index contributed by atoms with van der Waals surface area (Å²) in [6.07, 6.45) is 0.900. The van der Waals surface area contributed by atoms with Gasteiger partial charge in [0.1, 0.15) is 6.61 Å². The summed E-state index contributed by atoms with van der Waals surface area (Å²) in [6, 6.07) is 4.09. The van der Waals surface area contributed by atoms with Crippen molar-refractivity contribution in [3.63, 3.8) is 0 Å². The molecular formula is C12H14INO5. The number of carbonyl (C=O) groups excluding carboxylic acids is 1. The van der Waals surface area contributed by atoms with Gasteiger partial charge in [-0.3, -0.25) is 10.1 Å². The molecule has 0 N–H and O–H groups in total. The minimum atomic E-state index is -0.576. The maximum absolute atomic E-state index is 11.8. The van der Waals surface area contributed by atoms with Gasteiger partial charge in [0.05, 0.1) is 17.1 Å². The quantitative estimate of drug-likeness (QED) is 0.239. The van der Waals surface area contributed by atoms with E-state index in [-0.39, 0.29) is 17.9 Å². The molecular weight excluding hydrogens is 365 g/mol. The minimum absolute atomic E-state index is 0.130. The third-order valence-corrected chi connectivity index (χ3v) is 3.13. The normalized spacial score (nSPS) is 10.2. The molecule has 0 unspecified atom stereocenters. The number of hydrogen-bond acceptors (Lipinski definition) is 5.